The van der Waals surface area contributed by atoms with Crippen molar-refractivity contribution in [3.8, 4) is 11.5 Å². The van der Waals surface area contributed by atoms with Gasteiger partial charge in [-0.2, -0.15) is 0 Å². The van der Waals surface area contributed by atoms with E-state index >= 15 is 0 Å². The van der Waals surface area contributed by atoms with Crippen LogP contribution < -0.4 is 9.47 Å². The zero-order chi connectivity index (χ0) is 13.4. The number of hydrogen-bond acceptors (Lipinski definition) is 4. The van der Waals surface area contributed by atoms with Crippen molar-refractivity contribution >= 4 is 11.8 Å². The Kier molecular flexibility index (Phi) is 2.95. The molecular formula is C14H14O4. The van der Waals surface area contributed by atoms with Gasteiger partial charge in [-0.05, 0) is 38.5 Å². The summed E-state index contributed by atoms with van der Waals surface area (Å²) in [4.78, 5) is 23.0. The molecule has 18 heavy (non-hydrogen) atoms. The van der Waals surface area contributed by atoms with Gasteiger partial charge in [-0.1, -0.05) is 0 Å². The minimum Gasteiger partial charge on any atom is -0.452 e. The Morgan fingerprint density at radius 1 is 1.22 bits per heavy atom. The average Bonchev–Trinajstić information content (AvgIpc) is 2.61. The molecule has 0 aliphatic carbocycles. The van der Waals surface area contributed by atoms with Crippen molar-refractivity contribution in [1.29, 1.82) is 0 Å². The third-order valence-corrected chi connectivity index (χ3v) is 2.72. The molecule has 0 saturated heterocycles. The first-order valence-corrected chi connectivity index (χ1v) is 5.64. The Labute approximate surface area is 105 Å². The molecule has 2 rings (SSSR count). The number of carbonyl (C=O) groups is 2. The van der Waals surface area contributed by atoms with Gasteiger partial charge in [0.1, 0.15) is 11.5 Å². The van der Waals surface area contributed by atoms with Crippen LogP contribution in [0.3, 0.4) is 0 Å². The third-order valence-electron chi connectivity index (χ3n) is 2.72. The van der Waals surface area contributed by atoms with Crippen LogP contribution in [-0.4, -0.2) is 11.8 Å². The smallest absolute Gasteiger partial charge is 0.308 e. The van der Waals surface area contributed by atoms with Crippen LogP contribution in [0.25, 0.3) is 0 Å². The maximum absolute atomic E-state index is 12.0. The number of benzene rings is 1. The molecule has 0 spiro atoms. The number of allylic oxidation sites excluding steroid dienone is 2. The monoisotopic (exact) mass is 246 g/mol. The fraction of sp³-hybridized carbons (Fsp3) is 0.286. The van der Waals surface area contributed by atoms with Gasteiger partial charge in [-0.25, -0.2) is 0 Å². The van der Waals surface area contributed by atoms with Gasteiger partial charge in [0.05, 0.1) is 5.56 Å². The van der Waals surface area contributed by atoms with Crippen LogP contribution in [0.4, 0.5) is 0 Å². The van der Waals surface area contributed by atoms with Gasteiger partial charge in [0.15, 0.2) is 5.76 Å². The lowest BCUT2D eigenvalue weighted by molar-refractivity contribution is -0.131. The fourth-order valence-electron chi connectivity index (χ4n) is 1.85. The maximum Gasteiger partial charge on any atom is 0.308 e. The number of ether oxygens (including phenoxy) is 2. The molecular weight excluding hydrogens is 232 g/mol. The quantitative estimate of drug-likeness (QED) is 0.434. The summed E-state index contributed by atoms with van der Waals surface area (Å²) in [6, 6.07) is 3.24. The molecule has 0 fully saturated rings. The molecule has 1 aliphatic heterocycles. The second-order valence-corrected chi connectivity index (χ2v) is 4.42. The van der Waals surface area contributed by atoms with Gasteiger partial charge >= 0.3 is 5.97 Å². The summed E-state index contributed by atoms with van der Waals surface area (Å²) in [6.07, 6.45) is 0. The highest BCUT2D eigenvalue weighted by molar-refractivity contribution is 6.13. The highest BCUT2D eigenvalue weighted by Gasteiger charge is 2.30. The second-order valence-electron chi connectivity index (χ2n) is 4.42. The second kappa shape index (κ2) is 4.29. The molecule has 1 aromatic carbocycles. The number of esters is 1. The minimum absolute atomic E-state index is 0.123. The Balaban J connectivity index is 2.52. The molecule has 0 unspecified atom stereocenters. The summed E-state index contributed by atoms with van der Waals surface area (Å²) >= 11 is 0. The van der Waals surface area contributed by atoms with E-state index in [-0.39, 0.29) is 5.78 Å². The molecule has 94 valence electrons. The average molecular weight is 246 g/mol. The van der Waals surface area contributed by atoms with E-state index < -0.39 is 5.97 Å². The van der Waals surface area contributed by atoms with Gasteiger partial charge in [-0.3, -0.25) is 9.59 Å². The fourth-order valence-corrected chi connectivity index (χ4v) is 1.85. The van der Waals surface area contributed by atoms with Gasteiger partial charge in [0, 0.05) is 12.5 Å². The Hall–Kier alpha value is -2.10. The van der Waals surface area contributed by atoms with Crippen LogP contribution in [0.1, 0.15) is 36.7 Å². The summed E-state index contributed by atoms with van der Waals surface area (Å²) in [7, 11) is 0. The Bertz CT molecular complexity index is 578. The van der Waals surface area contributed by atoms with Gasteiger partial charge in [-0.15, -0.1) is 0 Å². The number of fused-ring (bicyclic) bond motifs is 1. The summed E-state index contributed by atoms with van der Waals surface area (Å²) < 4.78 is 10.6. The Morgan fingerprint density at radius 3 is 2.44 bits per heavy atom. The van der Waals surface area contributed by atoms with Crippen LogP contribution in [0.15, 0.2) is 23.5 Å². The van der Waals surface area contributed by atoms with Crippen LogP contribution in [0, 0.1) is 6.92 Å². The number of rotatable bonds is 1. The van der Waals surface area contributed by atoms with Gasteiger partial charge in [0.2, 0.25) is 5.78 Å². The first kappa shape index (κ1) is 12.4. The molecule has 1 aromatic rings. The van der Waals surface area contributed by atoms with Crippen molar-refractivity contribution < 1.29 is 19.1 Å². The van der Waals surface area contributed by atoms with Crippen LogP contribution >= 0.6 is 0 Å². The molecule has 4 heteroatoms. The molecule has 0 saturated carbocycles. The van der Waals surface area contributed by atoms with Gasteiger partial charge in [0.25, 0.3) is 0 Å². The van der Waals surface area contributed by atoms with E-state index in [1.54, 1.807) is 19.1 Å². The van der Waals surface area contributed by atoms with Crippen LogP contribution in [0.2, 0.25) is 0 Å². The normalized spacial score (nSPS) is 13.1. The summed E-state index contributed by atoms with van der Waals surface area (Å²) in [5, 5.41) is 0. The van der Waals surface area contributed by atoms with Crippen LogP contribution in [0.5, 0.6) is 11.5 Å². The standard InChI is InChI=1S/C14H14O4/c1-7(2)13-12(16)10-5-6-11(17-9(4)15)8(3)14(10)18-13/h5-6H,1-4H3. The predicted molar refractivity (Wildman–Crippen MR) is 65.8 cm³/mol. The van der Waals surface area contributed by atoms with E-state index in [0.29, 0.717) is 28.4 Å². The molecule has 0 radical (unpaired) electrons. The molecule has 0 N–H and O–H groups in total. The van der Waals surface area contributed by atoms with E-state index in [9.17, 15) is 9.59 Å². The molecule has 1 heterocycles. The lowest BCUT2D eigenvalue weighted by Gasteiger charge is -2.08. The third kappa shape index (κ3) is 1.90. The van der Waals surface area contributed by atoms with E-state index in [1.807, 2.05) is 13.8 Å². The molecule has 0 atom stereocenters. The molecule has 4 nitrogen and oxygen atoms in total. The Morgan fingerprint density at radius 2 is 1.89 bits per heavy atom. The highest BCUT2D eigenvalue weighted by atomic mass is 16.5. The van der Waals surface area contributed by atoms with Crippen molar-refractivity contribution in [2.45, 2.75) is 27.7 Å². The molecule has 0 aromatic heterocycles. The SMILES string of the molecule is CC(=O)Oc1ccc2c(c1C)OC(=C(C)C)C2=O. The highest BCUT2D eigenvalue weighted by Crippen LogP contribution is 2.39. The molecule has 1 aliphatic rings. The van der Waals surface area contributed by atoms with Crippen molar-refractivity contribution in [2.24, 2.45) is 0 Å². The van der Waals surface area contributed by atoms with Crippen molar-refractivity contribution in [3.63, 3.8) is 0 Å². The summed E-state index contributed by atoms with van der Waals surface area (Å²) in [5.41, 5.74) is 2.00. The first-order valence-electron chi connectivity index (χ1n) is 5.64. The van der Waals surface area contributed by atoms with Crippen molar-refractivity contribution in [1.82, 2.24) is 0 Å². The number of hydrogen-bond donors (Lipinski definition) is 0. The number of carbonyl (C=O) groups excluding carboxylic acids is 2. The summed E-state index contributed by atoms with van der Waals surface area (Å²) in [5.74, 6) is 0.736. The zero-order valence-corrected chi connectivity index (χ0v) is 10.8. The zero-order valence-electron chi connectivity index (χ0n) is 10.8. The van der Waals surface area contributed by atoms with E-state index in [1.165, 1.54) is 6.92 Å². The van der Waals surface area contributed by atoms with Crippen molar-refractivity contribution in [2.75, 3.05) is 0 Å². The van der Waals surface area contributed by atoms with E-state index in [0.717, 1.165) is 5.57 Å². The number of ketones is 1. The van der Waals surface area contributed by atoms with Gasteiger partial charge < -0.3 is 9.47 Å². The summed E-state index contributed by atoms with van der Waals surface area (Å²) in [6.45, 7) is 6.74. The molecule has 0 amide bonds. The predicted octanol–water partition coefficient (Wildman–Crippen LogP) is 2.79. The maximum atomic E-state index is 12.0. The minimum atomic E-state index is -0.398. The molecule has 0 bridgehead atoms. The topological polar surface area (TPSA) is 52.6 Å². The lowest BCUT2D eigenvalue weighted by atomic mass is 10.1. The van der Waals surface area contributed by atoms with E-state index in [4.69, 9.17) is 9.47 Å². The lowest BCUT2D eigenvalue weighted by Crippen LogP contribution is -2.03. The first-order chi connectivity index (χ1) is 8.41. The van der Waals surface area contributed by atoms with Crippen LogP contribution in [-0.2, 0) is 4.79 Å². The van der Waals surface area contributed by atoms with E-state index in [2.05, 4.69) is 0 Å². The number of Topliss-reactive ketones (excluding diaryl/α,β-unsaturated/α-hetero) is 1. The largest absolute Gasteiger partial charge is 0.452 e. The van der Waals surface area contributed by atoms with Crippen molar-refractivity contribution in [3.05, 3.63) is 34.6 Å².